The van der Waals surface area contributed by atoms with E-state index in [1.807, 2.05) is 0 Å². The quantitative estimate of drug-likeness (QED) is 0.906. The third kappa shape index (κ3) is 2.27. The lowest BCUT2D eigenvalue weighted by atomic mass is 10.2. The molecule has 0 atom stereocenters. The molecule has 94 valence electrons. The maximum Gasteiger partial charge on any atom is 0.356 e. The van der Waals surface area contributed by atoms with E-state index in [0.29, 0.717) is 11.5 Å². The number of nitrogen functional groups attached to an aromatic ring is 1. The Morgan fingerprint density at radius 3 is 2.72 bits per heavy atom. The molecule has 3 N–H and O–H groups in total. The molecule has 0 aliphatic rings. The van der Waals surface area contributed by atoms with Gasteiger partial charge in [-0.05, 0) is 12.1 Å². The maximum atomic E-state index is 11.0. The number of aromatic carboxylic acids is 1. The number of anilines is 1. The molecule has 0 bridgehead atoms. The van der Waals surface area contributed by atoms with Crippen LogP contribution >= 0.6 is 23.2 Å². The first-order valence-corrected chi connectivity index (χ1v) is 5.65. The van der Waals surface area contributed by atoms with E-state index in [-0.39, 0.29) is 27.8 Å². The second-order valence-corrected chi connectivity index (χ2v) is 4.27. The zero-order valence-electron chi connectivity index (χ0n) is 8.98. The number of nitrogens with two attached hydrogens (primary N) is 1. The third-order valence-corrected chi connectivity index (χ3v) is 3.11. The van der Waals surface area contributed by atoms with Crippen LogP contribution in [0.15, 0.2) is 22.8 Å². The highest BCUT2D eigenvalue weighted by Gasteiger charge is 2.20. The Bertz CT molecular complexity index is 597. The standard InChI is InChI=1S/C11H8Cl2N2O3/c12-7-6(4-5-2-1-3-18-5)15-10(11(16)17)8(13)9(7)14/h1-3H,4H2,(H2,14,15)(H,16,17). The fraction of sp³-hybridized carbons (Fsp3) is 0.0909. The van der Waals surface area contributed by atoms with Crippen molar-refractivity contribution >= 4 is 34.9 Å². The van der Waals surface area contributed by atoms with E-state index < -0.39 is 5.97 Å². The molecule has 5 nitrogen and oxygen atoms in total. The summed E-state index contributed by atoms with van der Waals surface area (Å²) in [5.41, 5.74) is 5.65. The van der Waals surface area contributed by atoms with Crippen molar-refractivity contribution in [3.05, 3.63) is 45.6 Å². The summed E-state index contributed by atoms with van der Waals surface area (Å²) in [6.45, 7) is 0. The van der Waals surface area contributed by atoms with Crippen molar-refractivity contribution in [2.75, 3.05) is 5.73 Å². The first kappa shape index (κ1) is 12.7. The van der Waals surface area contributed by atoms with Gasteiger partial charge in [0.1, 0.15) is 5.76 Å². The average Bonchev–Trinajstić information content (AvgIpc) is 2.82. The van der Waals surface area contributed by atoms with Gasteiger partial charge in [-0.3, -0.25) is 0 Å². The van der Waals surface area contributed by atoms with E-state index >= 15 is 0 Å². The van der Waals surface area contributed by atoms with Gasteiger partial charge < -0.3 is 15.3 Å². The van der Waals surface area contributed by atoms with Crippen LogP contribution in [0.4, 0.5) is 5.69 Å². The zero-order chi connectivity index (χ0) is 13.3. The minimum absolute atomic E-state index is 0.00675. The van der Waals surface area contributed by atoms with Crippen LogP contribution in [-0.2, 0) is 6.42 Å². The number of carbonyl (C=O) groups is 1. The van der Waals surface area contributed by atoms with E-state index in [2.05, 4.69) is 4.98 Å². The largest absolute Gasteiger partial charge is 0.476 e. The van der Waals surface area contributed by atoms with Gasteiger partial charge in [-0.25, -0.2) is 9.78 Å². The number of hydrogen-bond donors (Lipinski definition) is 2. The number of pyridine rings is 1. The molecule has 18 heavy (non-hydrogen) atoms. The molecule has 0 unspecified atom stereocenters. The number of furan rings is 1. The molecule has 0 aliphatic heterocycles. The monoisotopic (exact) mass is 286 g/mol. The van der Waals surface area contributed by atoms with Gasteiger partial charge in [0.15, 0.2) is 5.69 Å². The third-order valence-electron chi connectivity index (χ3n) is 2.31. The molecule has 0 fully saturated rings. The molecule has 0 radical (unpaired) electrons. The number of hydrogen-bond acceptors (Lipinski definition) is 4. The van der Waals surface area contributed by atoms with E-state index in [9.17, 15) is 4.79 Å². The van der Waals surface area contributed by atoms with Gasteiger partial charge in [0.25, 0.3) is 0 Å². The van der Waals surface area contributed by atoms with Crippen molar-refractivity contribution in [2.24, 2.45) is 0 Å². The SMILES string of the molecule is Nc1c(Cl)c(Cc2ccco2)nc(C(=O)O)c1Cl. The van der Waals surface area contributed by atoms with Gasteiger partial charge in [0, 0.05) is 6.42 Å². The van der Waals surface area contributed by atoms with Crippen LogP contribution in [0, 0.1) is 0 Å². The Kier molecular flexibility index (Phi) is 3.45. The maximum absolute atomic E-state index is 11.0. The molecule has 0 saturated carbocycles. The predicted octanol–water partition coefficient (Wildman–Crippen LogP) is 2.85. The molecular weight excluding hydrogens is 279 g/mol. The molecule has 7 heteroatoms. The number of nitrogens with zero attached hydrogens (tertiary/aromatic N) is 1. The van der Waals surface area contributed by atoms with Gasteiger partial charge in [-0.15, -0.1) is 0 Å². The Hall–Kier alpha value is -1.72. The van der Waals surface area contributed by atoms with Gasteiger partial charge in [-0.1, -0.05) is 23.2 Å². The predicted molar refractivity (Wildman–Crippen MR) is 67.1 cm³/mol. The second kappa shape index (κ2) is 4.88. The smallest absolute Gasteiger partial charge is 0.356 e. The van der Waals surface area contributed by atoms with Gasteiger partial charge in [0.05, 0.1) is 27.7 Å². The van der Waals surface area contributed by atoms with E-state index in [4.69, 9.17) is 38.5 Å². The van der Waals surface area contributed by atoms with Gasteiger partial charge in [0.2, 0.25) is 0 Å². The molecule has 0 saturated heterocycles. The Morgan fingerprint density at radius 2 is 2.17 bits per heavy atom. The Morgan fingerprint density at radius 1 is 1.44 bits per heavy atom. The topological polar surface area (TPSA) is 89.4 Å². The molecule has 0 amide bonds. The molecule has 2 rings (SSSR count). The molecular formula is C11H8Cl2N2O3. The van der Waals surface area contributed by atoms with E-state index in [1.165, 1.54) is 6.26 Å². The van der Waals surface area contributed by atoms with Crippen molar-refractivity contribution in [1.82, 2.24) is 4.98 Å². The highest BCUT2D eigenvalue weighted by atomic mass is 35.5. The zero-order valence-corrected chi connectivity index (χ0v) is 10.5. The number of halogens is 2. The fourth-order valence-corrected chi connectivity index (χ4v) is 1.92. The first-order valence-electron chi connectivity index (χ1n) is 4.89. The molecule has 2 aromatic rings. The molecule has 0 aromatic carbocycles. The molecule has 2 heterocycles. The Labute approximate surface area is 112 Å². The first-order chi connectivity index (χ1) is 8.50. The number of carboxylic acids is 1. The fourth-order valence-electron chi connectivity index (χ4n) is 1.45. The molecule has 2 aromatic heterocycles. The second-order valence-electron chi connectivity index (χ2n) is 3.51. The average molecular weight is 287 g/mol. The van der Waals surface area contributed by atoms with Crippen LogP contribution in [0.2, 0.25) is 10.0 Å². The summed E-state index contributed by atoms with van der Waals surface area (Å²) in [4.78, 5) is 14.9. The van der Waals surface area contributed by atoms with Crippen molar-refractivity contribution in [3.8, 4) is 0 Å². The molecule has 0 spiro atoms. The van der Waals surface area contributed by atoms with Crippen molar-refractivity contribution in [3.63, 3.8) is 0 Å². The summed E-state index contributed by atoms with van der Waals surface area (Å²) in [6.07, 6.45) is 1.74. The minimum Gasteiger partial charge on any atom is -0.476 e. The van der Waals surface area contributed by atoms with Crippen LogP contribution in [0.3, 0.4) is 0 Å². The summed E-state index contributed by atoms with van der Waals surface area (Å²) in [7, 11) is 0. The summed E-state index contributed by atoms with van der Waals surface area (Å²) in [5.74, 6) is -0.661. The lowest BCUT2D eigenvalue weighted by Crippen LogP contribution is -2.08. The van der Waals surface area contributed by atoms with Gasteiger partial charge >= 0.3 is 5.97 Å². The van der Waals surface area contributed by atoms with Gasteiger partial charge in [-0.2, -0.15) is 0 Å². The lowest BCUT2D eigenvalue weighted by Gasteiger charge is -2.09. The summed E-state index contributed by atoms with van der Waals surface area (Å²) in [6, 6.07) is 3.43. The number of rotatable bonds is 3. The summed E-state index contributed by atoms with van der Waals surface area (Å²) < 4.78 is 5.14. The normalized spacial score (nSPS) is 10.6. The summed E-state index contributed by atoms with van der Waals surface area (Å²) >= 11 is 11.8. The van der Waals surface area contributed by atoms with Crippen LogP contribution in [0.25, 0.3) is 0 Å². The van der Waals surface area contributed by atoms with Crippen LogP contribution < -0.4 is 5.73 Å². The summed E-state index contributed by atoms with van der Waals surface area (Å²) in [5, 5.41) is 8.95. The van der Waals surface area contributed by atoms with Crippen molar-refractivity contribution in [2.45, 2.75) is 6.42 Å². The highest BCUT2D eigenvalue weighted by Crippen LogP contribution is 2.32. The van der Waals surface area contributed by atoms with Crippen LogP contribution in [-0.4, -0.2) is 16.1 Å². The Balaban J connectivity index is 2.50. The molecule has 0 aliphatic carbocycles. The number of aromatic nitrogens is 1. The van der Waals surface area contributed by atoms with E-state index in [1.54, 1.807) is 12.1 Å². The minimum atomic E-state index is -1.26. The van der Waals surface area contributed by atoms with E-state index in [0.717, 1.165) is 0 Å². The van der Waals surface area contributed by atoms with Crippen LogP contribution in [0.5, 0.6) is 0 Å². The number of carboxylic acid groups (broad SMARTS) is 1. The van der Waals surface area contributed by atoms with Crippen molar-refractivity contribution < 1.29 is 14.3 Å². The lowest BCUT2D eigenvalue weighted by molar-refractivity contribution is 0.0690. The van der Waals surface area contributed by atoms with Crippen molar-refractivity contribution in [1.29, 1.82) is 0 Å². The van der Waals surface area contributed by atoms with Crippen LogP contribution in [0.1, 0.15) is 21.9 Å². The highest BCUT2D eigenvalue weighted by molar-refractivity contribution is 6.40.